The molecule has 0 aliphatic rings. The van der Waals surface area contributed by atoms with E-state index in [-0.39, 0.29) is 6.61 Å². The molecule has 0 spiro atoms. The zero-order valence-corrected chi connectivity index (χ0v) is 10.2. The molecule has 0 aliphatic carbocycles. The molecule has 4 nitrogen and oxygen atoms in total. The Labute approximate surface area is 102 Å². The molecule has 1 atom stereocenters. The van der Waals surface area contributed by atoms with Gasteiger partial charge in [0.2, 0.25) is 0 Å². The number of aldehydes is 1. The molecular formula is C13H19NO3. The largest absolute Gasteiger partial charge is 0.491 e. The Morgan fingerprint density at radius 1 is 1.47 bits per heavy atom. The number of aliphatic hydroxyl groups is 1. The van der Waals surface area contributed by atoms with Gasteiger partial charge in [-0.3, -0.25) is 4.79 Å². The van der Waals surface area contributed by atoms with Crippen molar-refractivity contribution in [1.29, 1.82) is 0 Å². The summed E-state index contributed by atoms with van der Waals surface area (Å²) in [6.45, 7) is 4.73. The van der Waals surface area contributed by atoms with Crippen LogP contribution in [0.25, 0.3) is 0 Å². The van der Waals surface area contributed by atoms with E-state index in [0.29, 0.717) is 23.9 Å². The van der Waals surface area contributed by atoms with Gasteiger partial charge in [0.05, 0.1) is 0 Å². The Kier molecular flexibility index (Phi) is 5.66. The first kappa shape index (κ1) is 13.7. The third kappa shape index (κ3) is 5.47. The first-order valence-electron chi connectivity index (χ1n) is 5.71. The Morgan fingerprint density at radius 2 is 2.24 bits per heavy atom. The molecule has 94 valence electrons. The monoisotopic (exact) mass is 237 g/mol. The molecule has 1 aromatic carbocycles. The SMILES string of the molecule is CC(C)NCC(O)COc1cccc(C=O)c1. The van der Waals surface area contributed by atoms with Gasteiger partial charge in [0, 0.05) is 18.2 Å². The van der Waals surface area contributed by atoms with Gasteiger partial charge in [0.15, 0.2) is 0 Å². The van der Waals surface area contributed by atoms with Crippen LogP contribution in [0, 0.1) is 0 Å². The van der Waals surface area contributed by atoms with Crippen LogP contribution >= 0.6 is 0 Å². The number of carbonyl (C=O) groups excluding carboxylic acids is 1. The Balaban J connectivity index is 2.36. The van der Waals surface area contributed by atoms with Crippen LogP contribution < -0.4 is 10.1 Å². The number of hydrogen-bond acceptors (Lipinski definition) is 4. The van der Waals surface area contributed by atoms with Crippen molar-refractivity contribution in [2.24, 2.45) is 0 Å². The second kappa shape index (κ2) is 7.04. The fraction of sp³-hybridized carbons (Fsp3) is 0.462. The average Bonchev–Trinajstić information content (AvgIpc) is 2.34. The van der Waals surface area contributed by atoms with Gasteiger partial charge < -0.3 is 15.2 Å². The van der Waals surface area contributed by atoms with Crippen LogP contribution in [0.2, 0.25) is 0 Å². The highest BCUT2D eigenvalue weighted by Crippen LogP contribution is 2.12. The van der Waals surface area contributed by atoms with Gasteiger partial charge in [-0.15, -0.1) is 0 Å². The summed E-state index contributed by atoms with van der Waals surface area (Å²) in [5.41, 5.74) is 0.567. The predicted octanol–water partition coefficient (Wildman–Crippen LogP) is 1.24. The fourth-order valence-electron chi connectivity index (χ4n) is 1.30. The topological polar surface area (TPSA) is 58.6 Å². The standard InChI is InChI=1S/C13H19NO3/c1-10(2)14-7-12(16)9-17-13-5-3-4-11(6-13)8-15/h3-6,8,10,12,14,16H,7,9H2,1-2H3. The first-order valence-corrected chi connectivity index (χ1v) is 5.71. The number of aliphatic hydroxyl groups excluding tert-OH is 1. The van der Waals surface area contributed by atoms with E-state index in [1.54, 1.807) is 24.3 Å². The second-order valence-corrected chi connectivity index (χ2v) is 4.22. The molecule has 0 bridgehead atoms. The van der Waals surface area contributed by atoms with E-state index in [1.165, 1.54) is 0 Å². The normalized spacial score (nSPS) is 12.5. The predicted molar refractivity (Wildman–Crippen MR) is 66.5 cm³/mol. The summed E-state index contributed by atoms with van der Waals surface area (Å²) in [6, 6.07) is 7.20. The van der Waals surface area contributed by atoms with E-state index < -0.39 is 6.10 Å². The molecule has 0 aromatic heterocycles. The van der Waals surface area contributed by atoms with Crippen molar-refractivity contribution in [2.45, 2.75) is 26.0 Å². The van der Waals surface area contributed by atoms with Crippen LogP contribution in [0.3, 0.4) is 0 Å². The molecule has 0 amide bonds. The molecule has 0 radical (unpaired) electrons. The minimum absolute atomic E-state index is 0.210. The molecule has 0 fully saturated rings. The van der Waals surface area contributed by atoms with Crippen molar-refractivity contribution >= 4 is 6.29 Å². The summed E-state index contributed by atoms with van der Waals surface area (Å²) in [6.07, 6.45) is 0.209. The zero-order valence-electron chi connectivity index (χ0n) is 10.2. The van der Waals surface area contributed by atoms with E-state index >= 15 is 0 Å². The van der Waals surface area contributed by atoms with Crippen LogP contribution in [0.5, 0.6) is 5.75 Å². The molecular weight excluding hydrogens is 218 g/mol. The summed E-state index contributed by atoms with van der Waals surface area (Å²) >= 11 is 0. The molecule has 1 unspecified atom stereocenters. The summed E-state index contributed by atoms with van der Waals surface area (Å²) in [7, 11) is 0. The molecule has 2 N–H and O–H groups in total. The third-order valence-corrected chi connectivity index (χ3v) is 2.20. The van der Waals surface area contributed by atoms with E-state index in [9.17, 15) is 9.90 Å². The van der Waals surface area contributed by atoms with Gasteiger partial charge in [-0.25, -0.2) is 0 Å². The van der Waals surface area contributed by atoms with Crippen molar-refractivity contribution in [2.75, 3.05) is 13.2 Å². The number of rotatable bonds is 7. The number of ether oxygens (including phenoxy) is 1. The van der Waals surface area contributed by atoms with Crippen molar-refractivity contribution in [3.8, 4) is 5.75 Å². The van der Waals surface area contributed by atoms with Crippen molar-refractivity contribution < 1.29 is 14.6 Å². The molecule has 0 saturated carbocycles. The molecule has 0 aliphatic heterocycles. The van der Waals surface area contributed by atoms with Gasteiger partial charge in [0.1, 0.15) is 24.7 Å². The van der Waals surface area contributed by atoms with Gasteiger partial charge in [-0.1, -0.05) is 26.0 Å². The maximum atomic E-state index is 10.6. The minimum atomic E-state index is -0.558. The third-order valence-electron chi connectivity index (χ3n) is 2.20. The lowest BCUT2D eigenvalue weighted by atomic mass is 10.2. The van der Waals surface area contributed by atoms with E-state index in [1.807, 2.05) is 13.8 Å². The lowest BCUT2D eigenvalue weighted by Crippen LogP contribution is -2.35. The van der Waals surface area contributed by atoms with Crippen molar-refractivity contribution in [1.82, 2.24) is 5.32 Å². The van der Waals surface area contributed by atoms with Crippen molar-refractivity contribution in [3.63, 3.8) is 0 Å². The Bertz CT molecular complexity index is 352. The quantitative estimate of drug-likeness (QED) is 0.700. The van der Waals surface area contributed by atoms with Crippen LogP contribution in [0.1, 0.15) is 24.2 Å². The van der Waals surface area contributed by atoms with Crippen LogP contribution in [0.4, 0.5) is 0 Å². The zero-order chi connectivity index (χ0) is 12.7. The maximum absolute atomic E-state index is 10.6. The molecule has 0 saturated heterocycles. The molecule has 1 aromatic rings. The summed E-state index contributed by atoms with van der Waals surface area (Å²) < 4.78 is 5.39. The van der Waals surface area contributed by atoms with Crippen LogP contribution in [-0.4, -0.2) is 36.7 Å². The molecule has 1 rings (SSSR count). The fourth-order valence-corrected chi connectivity index (χ4v) is 1.30. The summed E-state index contributed by atoms with van der Waals surface area (Å²) in [5.74, 6) is 0.596. The number of benzene rings is 1. The lowest BCUT2D eigenvalue weighted by molar-refractivity contribution is 0.104. The van der Waals surface area contributed by atoms with Gasteiger partial charge >= 0.3 is 0 Å². The van der Waals surface area contributed by atoms with Crippen LogP contribution in [-0.2, 0) is 0 Å². The first-order chi connectivity index (χ1) is 8.11. The van der Waals surface area contributed by atoms with Crippen LogP contribution in [0.15, 0.2) is 24.3 Å². The molecule has 17 heavy (non-hydrogen) atoms. The number of nitrogens with one attached hydrogen (secondary N) is 1. The molecule has 0 heterocycles. The van der Waals surface area contributed by atoms with Gasteiger partial charge in [0.25, 0.3) is 0 Å². The Morgan fingerprint density at radius 3 is 2.88 bits per heavy atom. The molecule has 4 heteroatoms. The van der Waals surface area contributed by atoms with E-state index in [2.05, 4.69) is 5.32 Å². The highest BCUT2D eigenvalue weighted by atomic mass is 16.5. The highest BCUT2D eigenvalue weighted by Gasteiger charge is 2.06. The van der Waals surface area contributed by atoms with Crippen molar-refractivity contribution in [3.05, 3.63) is 29.8 Å². The Hall–Kier alpha value is -1.39. The highest BCUT2D eigenvalue weighted by molar-refractivity contribution is 5.75. The minimum Gasteiger partial charge on any atom is -0.491 e. The van der Waals surface area contributed by atoms with E-state index in [4.69, 9.17) is 4.74 Å². The smallest absolute Gasteiger partial charge is 0.150 e. The average molecular weight is 237 g/mol. The summed E-state index contributed by atoms with van der Waals surface area (Å²) in [4.78, 5) is 10.6. The summed E-state index contributed by atoms with van der Waals surface area (Å²) in [5, 5.41) is 12.7. The lowest BCUT2D eigenvalue weighted by Gasteiger charge is -2.15. The van der Waals surface area contributed by atoms with E-state index in [0.717, 1.165) is 6.29 Å². The number of carbonyl (C=O) groups is 1. The second-order valence-electron chi connectivity index (χ2n) is 4.22. The maximum Gasteiger partial charge on any atom is 0.150 e. The number of hydrogen-bond donors (Lipinski definition) is 2. The van der Waals surface area contributed by atoms with Gasteiger partial charge in [-0.05, 0) is 12.1 Å². The van der Waals surface area contributed by atoms with Gasteiger partial charge in [-0.2, -0.15) is 0 Å².